The van der Waals surface area contributed by atoms with Crippen LogP contribution in [0.2, 0.25) is 0 Å². The monoisotopic (exact) mass is 139 g/mol. The Labute approximate surface area is 59.7 Å². The van der Waals surface area contributed by atoms with Crippen LogP contribution in [0.15, 0.2) is 30.3 Å². The predicted octanol–water partition coefficient (Wildman–Crippen LogP) is 1.66. The average Bonchev–Trinajstić information content (AvgIpc) is 2.05. The van der Waals surface area contributed by atoms with Crippen LogP contribution in [0.4, 0.5) is 4.39 Å². The van der Waals surface area contributed by atoms with Crippen LogP contribution in [0.1, 0.15) is 11.6 Å². The minimum absolute atomic E-state index is 0.457. The van der Waals surface area contributed by atoms with E-state index in [2.05, 4.69) is 0 Å². The molecule has 2 N–H and O–H groups in total. The van der Waals surface area contributed by atoms with Gasteiger partial charge in [-0.1, -0.05) is 30.3 Å². The van der Waals surface area contributed by atoms with Gasteiger partial charge in [-0.2, -0.15) is 0 Å². The summed E-state index contributed by atoms with van der Waals surface area (Å²) < 4.78 is 11.9. The van der Waals surface area contributed by atoms with Crippen LogP contribution in [0.5, 0.6) is 0 Å². The Bertz CT molecular complexity index is 186. The van der Waals surface area contributed by atoms with Crippen molar-refractivity contribution < 1.29 is 4.39 Å². The summed E-state index contributed by atoms with van der Waals surface area (Å²) in [6.07, 6.45) is 0. The molecule has 0 amide bonds. The molecule has 1 aromatic rings. The summed E-state index contributed by atoms with van der Waals surface area (Å²) in [6.45, 7) is -0.496. The topological polar surface area (TPSA) is 26.0 Å². The molecule has 2 heteroatoms. The van der Waals surface area contributed by atoms with Crippen LogP contribution in [0, 0.1) is 0 Å². The van der Waals surface area contributed by atoms with Crippen LogP contribution >= 0.6 is 0 Å². The second-order valence-electron chi connectivity index (χ2n) is 2.17. The maximum absolute atomic E-state index is 11.9. The smallest absolute Gasteiger partial charge is 0.109 e. The Morgan fingerprint density at radius 1 is 1.30 bits per heavy atom. The fourth-order valence-electron chi connectivity index (χ4n) is 0.789. The standard InChI is InChI=1S/C8H10FN/c9-6-8(10)7-4-2-1-3-5-7/h1-5,8H,6,10H2/t8-/m1/s1. The van der Waals surface area contributed by atoms with Crippen molar-refractivity contribution in [2.24, 2.45) is 5.73 Å². The fraction of sp³-hybridized carbons (Fsp3) is 0.250. The summed E-state index contributed by atoms with van der Waals surface area (Å²) in [6, 6.07) is 8.78. The first kappa shape index (κ1) is 7.22. The van der Waals surface area contributed by atoms with Gasteiger partial charge in [-0.05, 0) is 5.56 Å². The molecule has 0 heterocycles. The molecule has 1 aromatic carbocycles. The Morgan fingerprint density at radius 2 is 1.90 bits per heavy atom. The lowest BCUT2D eigenvalue weighted by Crippen LogP contribution is -2.11. The maximum Gasteiger partial charge on any atom is 0.109 e. The minimum Gasteiger partial charge on any atom is -0.322 e. The SMILES string of the molecule is N[C@H](CF)c1ccccc1. The summed E-state index contributed by atoms with van der Waals surface area (Å²) in [7, 11) is 0. The molecule has 0 unspecified atom stereocenters. The summed E-state index contributed by atoms with van der Waals surface area (Å²) in [5.41, 5.74) is 6.27. The van der Waals surface area contributed by atoms with E-state index in [4.69, 9.17) is 5.73 Å². The normalized spacial score (nSPS) is 13.0. The molecular weight excluding hydrogens is 129 g/mol. The van der Waals surface area contributed by atoms with Gasteiger partial charge < -0.3 is 5.73 Å². The van der Waals surface area contributed by atoms with Crippen LogP contribution in [-0.4, -0.2) is 6.67 Å². The third-order valence-corrected chi connectivity index (χ3v) is 1.39. The maximum atomic E-state index is 11.9. The molecule has 0 aliphatic carbocycles. The van der Waals surface area contributed by atoms with Crippen LogP contribution in [0.3, 0.4) is 0 Å². The Morgan fingerprint density at radius 3 is 2.40 bits per heavy atom. The number of rotatable bonds is 2. The van der Waals surface area contributed by atoms with Crippen molar-refractivity contribution in [3.8, 4) is 0 Å². The van der Waals surface area contributed by atoms with Gasteiger partial charge in [0.15, 0.2) is 0 Å². The molecule has 1 atom stereocenters. The molecule has 0 saturated heterocycles. The Kier molecular flexibility index (Phi) is 2.40. The van der Waals surface area contributed by atoms with Gasteiger partial charge in [0.05, 0.1) is 6.04 Å². The largest absolute Gasteiger partial charge is 0.322 e. The molecule has 0 spiro atoms. The van der Waals surface area contributed by atoms with Gasteiger partial charge in [0.25, 0.3) is 0 Å². The summed E-state index contributed by atoms with van der Waals surface area (Å²) >= 11 is 0. The van der Waals surface area contributed by atoms with Crippen molar-refractivity contribution in [1.82, 2.24) is 0 Å². The zero-order valence-electron chi connectivity index (χ0n) is 5.63. The molecule has 0 aromatic heterocycles. The van der Waals surface area contributed by atoms with Crippen molar-refractivity contribution in [2.75, 3.05) is 6.67 Å². The van der Waals surface area contributed by atoms with Gasteiger partial charge >= 0.3 is 0 Å². The highest BCUT2D eigenvalue weighted by molar-refractivity contribution is 5.18. The molecule has 0 saturated carbocycles. The van der Waals surface area contributed by atoms with E-state index in [0.29, 0.717) is 0 Å². The van der Waals surface area contributed by atoms with Crippen molar-refractivity contribution >= 4 is 0 Å². The molecule has 0 aliphatic heterocycles. The van der Waals surface area contributed by atoms with E-state index in [-0.39, 0.29) is 0 Å². The minimum atomic E-state index is -0.496. The zero-order valence-corrected chi connectivity index (χ0v) is 5.63. The zero-order chi connectivity index (χ0) is 7.40. The van der Waals surface area contributed by atoms with Gasteiger partial charge in [0, 0.05) is 0 Å². The van der Waals surface area contributed by atoms with E-state index < -0.39 is 12.7 Å². The lowest BCUT2D eigenvalue weighted by atomic mass is 10.1. The summed E-state index contributed by atoms with van der Waals surface area (Å²) in [4.78, 5) is 0. The molecule has 10 heavy (non-hydrogen) atoms. The molecule has 54 valence electrons. The van der Waals surface area contributed by atoms with Crippen LogP contribution < -0.4 is 5.73 Å². The van der Waals surface area contributed by atoms with E-state index in [0.717, 1.165) is 5.56 Å². The number of hydrogen-bond donors (Lipinski definition) is 1. The Balaban J connectivity index is 2.75. The number of alkyl halides is 1. The van der Waals surface area contributed by atoms with Gasteiger partial charge in [-0.25, -0.2) is 4.39 Å². The molecule has 1 nitrogen and oxygen atoms in total. The number of hydrogen-bond acceptors (Lipinski definition) is 1. The summed E-state index contributed by atoms with van der Waals surface area (Å²) in [5, 5.41) is 0. The molecular formula is C8H10FN. The quantitative estimate of drug-likeness (QED) is 0.662. The molecule has 0 bridgehead atoms. The molecule has 0 fully saturated rings. The van der Waals surface area contributed by atoms with Crippen LogP contribution in [0.25, 0.3) is 0 Å². The van der Waals surface area contributed by atoms with E-state index in [1.54, 1.807) is 0 Å². The highest BCUT2D eigenvalue weighted by atomic mass is 19.1. The first-order valence-corrected chi connectivity index (χ1v) is 3.21. The average molecular weight is 139 g/mol. The van der Waals surface area contributed by atoms with Crippen molar-refractivity contribution in [3.63, 3.8) is 0 Å². The van der Waals surface area contributed by atoms with E-state index in [1.165, 1.54) is 0 Å². The first-order valence-electron chi connectivity index (χ1n) is 3.21. The van der Waals surface area contributed by atoms with Crippen LogP contribution in [-0.2, 0) is 0 Å². The van der Waals surface area contributed by atoms with Gasteiger partial charge in [0.1, 0.15) is 6.67 Å². The lowest BCUT2D eigenvalue weighted by molar-refractivity contribution is 0.437. The second kappa shape index (κ2) is 3.32. The molecule has 0 radical (unpaired) electrons. The van der Waals surface area contributed by atoms with Crippen molar-refractivity contribution in [2.45, 2.75) is 6.04 Å². The highest BCUT2D eigenvalue weighted by Gasteiger charge is 2.01. The second-order valence-corrected chi connectivity index (χ2v) is 2.17. The van der Waals surface area contributed by atoms with Gasteiger partial charge in [-0.3, -0.25) is 0 Å². The first-order chi connectivity index (χ1) is 4.84. The van der Waals surface area contributed by atoms with E-state index >= 15 is 0 Å². The highest BCUT2D eigenvalue weighted by Crippen LogP contribution is 2.08. The number of halogens is 1. The predicted molar refractivity (Wildman–Crippen MR) is 39.3 cm³/mol. The molecule has 0 aliphatic rings. The van der Waals surface area contributed by atoms with Crippen molar-refractivity contribution in [1.29, 1.82) is 0 Å². The fourth-order valence-corrected chi connectivity index (χ4v) is 0.789. The lowest BCUT2D eigenvalue weighted by Gasteiger charge is -2.04. The van der Waals surface area contributed by atoms with E-state index in [1.807, 2.05) is 30.3 Å². The Hall–Kier alpha value is -0.890. The van der Waals surface area contributed by atoms with Crippen molar-refractivity contribution in [3.05, 3.63) is 35.9 Å². The third-order valence-electron chi connectivity index (χ3n) is 1.39. The number of benzene rings is 1. The molecule has 1 rings (SSSR count). The number of nitrogens with two attached hydrogens (primary N) is 1. The third kappa shape index (κ3) is 1.54. The van der Waals surface area contributed by atoms with Gasteiger partial charge in [0.2, 0.25) is 0 Å². The van der Waals surface area contributed by atoms with E-state index in [9.17, 15) is 4.39 Å². The summed E-state index contributed by atoms with van der Waals surface area (Å²) in [5.74, 6) is 0. The van der Waals surface area contributed by atoms with Gasteiger partial charge in [-0.15, -0.1) is 0 Å².